The van der Waals surface area contributed by atoms with Crippen LogP contribution < -0.4 is 5.32 Å². The van der Waals surface area contributed by atoms with Gasteiger partial charge in [0.15, 0.2) is 0 Å². The van der Waals surface area contributed by atoms with E-state index in [9.17, 15) is 4.79 Å². The van der Waals surface area contributed by atoms with Gasteiger partial charge in [0.1, 0.15) is 0 Å². The fourth-order valence-electron chi connectivity index (χ4n) is 4.42. The van der Waals surface area contributed by atoms with Gasteiger partial charge in [-0.25, -0.2) is 0 Å². The van der Waals surface area contributed by atoms with Crippen molar-refractivity contribution in [2.75, 3.05) is 0 Å². The standard InChI is InChI=1S/C21H25N3O/c25-21(17-9-11-22-12-10-17)23-18-13-19-7-4-8-20(14-18)24(19)15-16-5-2-1-3-6-16/h1-3,5-6,9-12,18-20H,4,7-8,13-15H2,(H,23,25). The van der Waals surface area contributed by atoms with Gasteiger partial charge in [-0.05, 0) is 43.4 Å². The predicted molar refractivity (Wildman–Crippen MR) is 98.1 cm³/mol. The first-order valence-electron chi connectivity index (χ1n) is 9.30. The Bertz CT molecular complexity index is 690. The summed E-state index contributed by atoms with van der Waals surface area (Å²) in [6.45, 7) is 1.03. The van der Waals surface area contributed by atoms with Crippen molar-refractivity contribution in [3.05, 3.63) is 66.0 Å². The van der Waals surface area contributed by atoms with E-state index in [-0.39, 0.29) is 11.9 Å². The van der Waals surface area contributed by atoms with Crippen molar-refractivity contribution in [2.24, 2.45) is 0 Å². The van der Waals surface area contributed by atoms with E-state index in [1.165, 1.54) is 24.8 Å². The fourth-order valence-corrected chi connectivity index (χ4v) is 4.42. The quantitative estimate of drug-likeness (QED) is 0.931. The van der Waals surface area contributed by atoms with Crippen molar-refractivity contribution < 1.29 is 4.79 Å². The van der Waals surface area contributed by atoms with Crippen molar-refractivity contribution >= 4 is 5.91 Å². The number of piperidine rings is 2. The number of fused-ring (bicyclic) bond motifs is 2. The summed E-state index contributed by atoms with van der Waals surface area (Å²) in [5, 5.41) is 3.25. The number of amides is 1. The maximum atomic E-state index is 12.5. The molecule has 1 N–H and O–H groups in total. The van der Waals surface area contributed by atoms with Crippen LogP contribution in [0.2, 0.25) is 0 Å². The third-order valence-corrected chi connectivity index (χ3v) is 5.61. The van der Waals surface area contributed by atoms with Gasteiger partial charge in [0.2, 0.25) is 0 Å². The Labute approximate surface area is 149 Å². The Morgan fingerprint density at radius 1 is 1.04 bits per heavy atom. The van der Waals surface area contributed by atoms with Gasteiger partial charge in [0.05, 0.1) is 0 Å². The second-order valence-corrected chi connectivity index (χ2v) is 7.27. The Hall–Kier alpha value is -2.20. The van der Waals surface area contributed by atoms with E-state index in [0.29, 0.717) is 17.6 Å². The Morgan fingerprint density at radius 2 is 1.72 bits per heavy atom. The van der Waals surface area contributed by atoms with E-state index in [4.69, 9.17) is 0 Å². The number of carbonyl (C=O) groups excluding carboxylic acids is 1. The van der Waals surface area contributed by atoms with Crippen LogP contribution in [0.3, 0.4) is 0 Å². The number of aromatic nitrogens is 1. The molecule has 2 saturated heterocycles. The molecule has 2 aliphatic heterocycles. The first-order chi connectivity index (χ1) is 12.3. The number of carbonyl (C=O) groups is 1. The number of benzene rings is 1. The van der Waals surface area contributed by atoms with Gasteiger partial charge in [-0.2, -0.15) is 0 Å². The van der Waals surface area contributed by atoms with E-state index < -0.39 is 0 Å². The zero-order chi connectivity index (χ0) is 17.1. The number of rotatable bonds is 4. The van der Waals surface area contributed by atoms with E-state index in [1.54, 1.807) is 24.5 Å². The molecular formula is C21H25N3O. The summed E-state index contributed by atoms with van der Waals surface area (Å²) < 4.78 is 0. The zero-order valence-corrected chi connectivity index (χ0v) is 14.5. The van der Waals surface area contributed by atoms with Crippen LogP contribution in [0.5, 0.6) is 0 Å². The highest BCUT2D eigenvalue weighted by Crippen LogP contribution is 2.35. The van der Waals surface area contributed by atoms with Crippen molar-refractivity contribution in [2.45, 2.75) is 56.8 Å². The van der Waals surface area contributed by atoms with E-state index in [1.807, 2.05) is 0 Å². The summed E-state index contributed by atoms with van der Waals surface area (Å²) in [4.78, 5) is 19.1. The maximum Gasteiger partial charge on any atom is 0.251 e. The van der Waals surface area contributed by atoms with Crippen LogP contribution in [0.15, 0.2) is 54.9 Å². The number of nitrogens with one attached hydrogen (secondary N) is 1. The van der Waals surface area contributed by atoms with Gasteiger partial charge in [-0.1, -0.05) is 36.8 Å². The molecule has 1 amide bonds. The second-order valence-electron chi connectivity index (χ2n) is 7.27. The zero-order valence-electron chi connectivity index (χ0n) is 14.5. The molecule has 0 radical (unpaired) electrons. The minimum atomic E-state index is 0.0296. The lowest BCUT2D eigenvalue weighted by Crippen LogP contribution is -2.56. The molecule has 2 bridgehead atoms. The summed E-state index contributed by atoms with van der Waals surface area (Å²) >= 11 is 0. The molecule has 2 atom stereocenters. The maximum absolute atomic E-state index is 12.5. The van der Waals surface area contributed by atoms with Crippen LogP contribution in [0.4, 0.5) is 0 Å². The molecule has 4 heteroatoms. The second kappa shape index (κ2) is 7.36. The van der Waals surface area contributed by atoms with Gasteiger partial charge in [-0.15, -0.1) is 0 Å². The number of nitrogens with zero attached hydrogens (tertiary/aromatic N) is 2. The molecule has 0 saturated carbocycles. The predicted octanol–water partition coefficient (Wildman–Crippen LogP) is 3.40. The molecule has 1 aromatic heterocycles. The van der Waals surface area contributed by atoms with Crippen LogP contribution >= 0.6 is 0 Å². The average molecular weight is 335 g/mol. The fraction of sp³-hybridized carbons (Fsp3) is 0.429. The Balaban J connectivity index is 1.41. The summed E-state index contributed by atoms with van der Waals surface area (Å²) in [7, 11) is 0. The summed E-state index contributed by atoms with van der Waals surface area (Å²) in [6, 6.07) is 15.7. The van der Waals surface area contributed by atoms with Crippen molar-refractivity contribution in [1.82, 2.24) is 15.2 Å². The summed E-state index contributed by atoms with van der Waals surface area (Å²) in [5.41, 5.74) is 2.09. The van der Waals surface area contributed by atoms with Crippen LogP contribution in [0, 0.1) is 0 Å². The molecular weight excluding hydrogens is 310 g/mol. The van der Waals surface area contributed by atoms with Crippen LogP contribution in [0.1, 0.15) is 48.0 Å². The molecule has 1 aromatic carbocycles. The topological polar surface area (TPSA) is 45.2 Å². The minimum Gasteiger partial charge on any atom is -0.349 e. The third-order valence-electron chi connectivity index (χ3n) is 5.61. The van der Waals surface area contributed by atoms with Crippen LogP contribution in [-0.4, -0.2) is 33.9 Å². The van der Waals surface area contributed by atoms with Crippen LogP contribution in [0.25, 0.3) is 0 Å². The smallest absolute Gasteiger partial charge is 0.251 e. The Kier molecular flexibility index (Phi) is 4.79. The minimum absolute atomic E-state index is 0.0296. The first kappa shape index (κ1) is 16.3. The van der Waals surface area contributed by atoms with E-state index in [0.717, 1.165) is 19.4 Å². The van der Waals surface area contributed by atoms with Crippen molar-refractivity contribution in [1.29, 1.82) is 0 Å². The lowest BCUT2D eigenvalue weighted by atomic mass is 9.81. The van der Waals surface area contributed by atoms with Gasteiger partial charge >= 0.3 is 0 Å². The SMILES string of the molecule is O=C(NC1CC2CCCC(C1)N2Cc1ccccc1)c1ccncc1. The van der Waals surface area contributed by atoms with Gasteiger partial charge in [0, 0.05) is 42.6 Å². The normalized spacial score (nSPS) is 26.2. The van der Waals surface area contributed by atoms with E-state index >= 15 is 0 Å². The highest BCUT2D eigenvalue weighted by molar-refractivity contribution is 5.94. The largest absolute Gasteiger partial charge is 0.349 e. The molecule has 2 aromatic rings. The van der Waals surface area contributed by atoms with Crippen LogP contribution in [-0.2, 0) is 6.54 Å². The molecule has 3 heterocycles. The van der Waals surface area contributed by atoms with Gasteiger partial charge < -0.3 is 5.32 Å². The number of hydrogen-bond donors (Lipinski definition) is 1. The third kappa shape index (κ3) is 3.74. The lowest BCUT2D eigenvalue weighted by molar-refractivity contribution is 0.0177. The molecule has 25 heavy (non-hydrogen) atoms. The molecule has 4 nitrogen and oxygen atoms in total. The number of hydrogen-bond acceptors (Lipinski definition) is 3. The molecule has 2 fully saturated rings. The monoisotopic (exact) mass is 335 g/mol. The first-order valence-corrected chi connectivity index (χ1v) is 9.30. The molecule has 130 valence electrons. The Morgan fingerprint density at radius 3 is 2.40 bits per heavy atom. The summed E-state index contributed by atoms with van der Waals surface area (Å²) in [5.74, 6) is 0.0296. The average Bonchev–Trinajstić information content (AvgIpc) is 2.64. The highest BCUT2D eigenvalue weighted by atomic mass is 16.1. The molecule has 4 rings (SSSR count). The van der Waals surface area contributed by atoms with Gasteiger partial charge in [0.25, 0.3) is 5.91 Å². The highest BCUT2D eigenvalue weighted by Gasteiger charge is 2.38. The molecule has 0 aliphatic carbocycles. The molecule has 2 unspecified atom stereocenters. The van der Waals surface area contributed by atoms with E-state index in [2.05, 4.69) is 45.5 Å². The molecule has 2 aliphatic rings. The molecule has 0 spiro atoms. The van der Waals surface area contributed by atoms with Crippen molar-refractivity contribution in [3.8, 4) is 0 Å². The lowest BCUT2D eigenvalue weighted by Gasteiger charge is -2.49. The van der Waals surface area contributed by atoms with Crippen molar-refractivity contribution in [3.63, 3.8) is 0 Å². The number of pyridine rings is 1. The van der Waals surface area contributed by atoms with Gasteiger partial charge in [-0.3, -0.25) is 14.7 Å². The summed E-state index contributed by atoms with van der Waals surface area (Å²) in [6.07, 6.45) is 9.25.